The number of aromatic nitrogens is 3. The summed E-state index contributed by atoms with van der Waals surface area (Å²) in [5.74, 6) is -0.182. The molecule has 0 bridgehead atoms. The van der Waals surface area contributed by atoms with Crippen LogP contribution in [0.1, 0.15) is 94.2 Å². The van der Waals surface area contributed by atoms with Gasteiger partial charge in [-0.2, -0.15) is 4.98 Å². The van der Waals surface area contributed by atoms with Crippen LogP contribution in [-0.4, -0.2) is 125 Å². The van der Waals surface area contributed by atoms with Gasteiger partial charge < -0.3 is 39.4 Å². The molecule has 4 aromatic rings. The van der Waals surface area contributed by atoms with Crippen molar-refractivity contribution in [2.45, 2.75) is 109 Å². The van der Waals surface area contributed by atoms with Crippen LogP contribution in [0.4, 0.5) is 23.1 Å². The maximum absolute atomic E-state index is 13.5. The predicted molar refractivity (Wildman–Crippen MR) is 252 cm³/mol. The van der Waals surface area contributed by atoms with Gasteiger partial charge in [0.25, 0.3) is 17.4 Å². The number of nitrogens with zero attached hydrogens (tertiary/aromatic N) is 7. The van der Waals surface area contributed by atoms with Crippen molar-refractivity contribution in [1.82, 2.24) is 35.0 Å². The fraction of sp³-hybridized carbons (Fsp3) is 0.511. The summed E-state index contributed by atoms with van der Waals surface area (Å²) in [7, 11) is 1.51. The Kier molecular flexibility index (Phi) is 12.9. The molecule has 19 heteroatoms. The van der Waals surface area contributed by atoms with Crippen molar-refractivity contribution in [3.8, 4) is 5.75 Å². The monoisotopic (exact) mass is 942 g/mol. The quantitative estimate of drug-likeness (QED) is 0.150. The van der Waals surface area contributed by atoms with Crippen molar-refractivity contribution in [1.29, 1.82) is 0 Å². The summed E-state index contributed by atoms with van der Waals surface area (Å²) in [4.78, 5) is 81.2. The lowest BCUT2D eigenvalue weighted by atomic mass is 9.86. The zero-order valence-corrected chi connectivity index (χ0v) is 39.3. The number of fused-ring (bicyclic) bond motifs is 2. The van der Waals surface area contributed by atoms with Gasteiger partial charge in [-0.1, -0.05) is 23.2 Å². The van der Waals surface area contributed by atoms with Gasteiger partial charge in [0.2, 0.25) is 17.8 Å². The smallest absolute Gasteiger partial charge is 0.293 e. The molecule has 9 rings (SSSR count). The molecule has 2 aromatic carbocycles. The zero-order valence-electron chi connectivity index (χ0n) is 37.8. The molecule has 3 atom stereocenters. The highest BCUT2D eigenvalue weighted by molar-refractivity contribution is 6.35. The van der Waals surface area contributed by atoms with Gasteiger partial charge in [-0.25, -0.2) is 4.98 Å². The highest BCUT2D eigenvalue weighted by Gasteiger charge is 2.45. The fourth-order valence-corrected chi connectivity index (χ4v) is 10.8. The van der Waals surface area contributed by atoms with Gasteiger partial charge in [0.15, 0.2) is 18.2 Å². The molecule has 4 aliphatic heterocycles. The number of pyridine rings is 1. The van der Waals surface area contributed by atoms with E-state index >= 15 is 0 Å². The van der Waals surface area contributed by atoms with E-state index < -0.39 is 11.9 Å². The van der Waals surface area contributed by atoms with Crippen LogP contribution in [-0.2, 0) is 19.1 Å². The Morgan fingerprint density at radius 3 is 2.45 bits per heavy atom. The molecule has 1 aliphatic carbocycles. The van der Waals surface area contributed by atoms with Crippen molar-refractivity contribution >= 4 is 80.9 Å². The Labute approximate surface area is 393 Å². The van der Waals surface area contributed by atoms with Crippen LogP contribution in [0.5, 0.6) is 5.75 Å². The summed E-state index contributed by atoms with van der Waals surface area (Å²) in [5.41, 5.74) is 3.29. The van der Waals surface area contributed by atoms with E-state index in [1.807, 2.05) is 51.1 Å². The van der Waals surface area contributed by atoms with E-state index in [2.05, 4.69) is 42.6 Å². The van der Waals surface area contributed by atoms with Crippen LogP contribution < -0.4 is 36.0 Å². The van der Waals surface area contributed by atoms with E-state index in [-0.39, 0.29) is 72.4 Å². The average Bonchev–Trinajstić information content (AvgIpc) is 3.53. The molecule has 4 fully saturated rings. The molecule has 4 amide bonds. The maximum atomic E-state index is 13.5. The SMILES string of the molecule is CNC(=O)COc1cc2cc(Nc3nc(N4CCC(OC5CC(N6CCN(c7ccc8c(c7Cl)[C@@H](C)N([C@@H]7CCC(=O)NC7=O)C8=O)[C@H](C)C6)C5)CC4)ncc3Cl)ccc2n(C(C)C)c1=O. The molecule has 3 N–H and O–H groups in total. The van der Waals surface area contributed by atoms with Crippen molar-refractivity contribution < 1.29 is 28.7 Å². The number of likely N-dealkylation sites (N-methyl/N-ethyl adjacent to an activating group) is 1. The first-order chi connectivity index (χ1) is 31.7. The highest BCUT2D eigenvalue weighted by atomic mass is 35.5. The Hall–Kier alpha value is -5.49. The summed E-state index contributed by atoms with van der Waals surface area (Å²) in [6.07, 6.45) is 6.18. The molecule has 350 valence electrons. The first-order valence-corrected chi connectivity index (χ1v) is 23.7. The van der Waals surface area contributed by atoms with E-state index in [1.165, 1.54) is 7.05 Å². The Bertz CT molecular complexity index is 2630. The number of carbonyl (C=O) groups excluding carboxylic acids is 4. The number of ether oxygens (including phenoxy) is 2. The van der Waals surface area contributed by atoms with Crippen molar-refractivity contribution in [2.75, 3.05) is 61.5 Å². The number of rotatable bonds is 12. The van der Waals surface area contributed by atoms with Crippen LogP contribution in [0.2, 0.25) is 10.0 Å². The lowest BCUT2D eigenvalue weighted by molar-refractivity contribution is -0.137. The Morgan fingerprint density at radius 2 is 1.74 bits per heavy atom. The topological polar surface area (TPSA) is 184 Å². The van der Waals surface area contributed by atoms with Crippen molar-refractivity contribution in [2.24, 2.45) is 0 Å². The summed E-state index contributed by atoms with van der Waals surface area (Å²) >= 11 is 13.7. The van der Waals surface area contributed by atoms with Gasteiger partial charge in [-0.3, -0.25) is 34.2 Å². The average molecular weight is 944 g/mol. The Morgan fingerprint density at radius 1 is 0.970 bits per heavy atom. The third-order valence-electron chi connectivity index (χ3n) is 13.8. The molecule has 1 saturated carbocycles. The normalized spacial score (nSPS) is 23.8. The minimum absolute atomic E-state index is 0.0898. The summed E-state index contributed by atoms with van der Waals surface area (Å²) in [5, 5.41) is 9.89. The number of nitrogens with one attached hydrogen (secondary N) is 3. The summed E-state index contributed by atoms with van der Waals surface area (Å²) < 4.78 is 13.9. The van der Waals surface area contributed by atoms with Crippen LogP contribution in [0, 0.1) is 0 Å². The summed E-state index contributed by atoms with van der Waals surface area (Å²) in [6, 6.07) is 10.5. The second kappa shape index (κ2) is 18.7. The lowest BCUT2D eigenvalue weighted by Crippen LogP contribution is -2.59. The molecule has 2 aromatic heterocycles. The minimum atomic E-state index is -0.703. The largest absolute Gasteiger partial charge is 0.478 e. The van der Waals surface area contributed by atoms with Crippen molar-refractivity contribution in [3.63, 3.8) is 0 Å². The lowest BCUT2D eigenvalue weighted by Gasteiger charge is -2.50. The van der Waals surface area contributed by atoms with Crippen molar-refractivity contribution in [3.05, 3.63) is 74.1 Å². The van der Waals surface area contributed by atoms with Gasteiger partial charge in [0, 0.05) is 86.5 Å². The number of imide groups is 1. The maximum Gasteiger partial charge on any atom is 0.293 e. The predicted octanol–water partition coefficient (Wildman–Crippen LogP) is 5.60. The molecule has 17 nitrogen and oxygen atoms in total. The van der Waals surface area contributed by atoms with E-state index in [4.69, 9.17) is 37.7 Å². The zero-order chi connectivity index (χ0) is 46.6. The third-order valence-corrected chi connectivity index (χ3v) is 14.5. The number of piperazine rings is 1. The molecule has 0 radical (unpaired) electrons. The molecule has 5 aliphatic rings. The van der Waals surface area contributed by atoms with Crippen LogP contribution in [0.15, 0.2) is 47.4 Å². The minimum Gasteiger partial charge on any atom is -0.478 e. The van der Waals surface area contributed by atoms with Gasteiger partial charge in [-0.15, -0.1) is 0 Å². The summed E-state index contributed by atoms with van der Waals surface area (Å²) in [6.45, 7) is 11.8. The number of benzene rings is 2. The number of anilines is 4. The van der Waals surface area contributed by atoms with Crippen LogP contribution in [0.25, 0.3) is 10.9 Å². The molecular formula is C47H56Cl2N10O7. The van der Waals surface area contributed by atoms with E-state index in [1.54, 1.807) is 21.7 Å². The standard InChI is InChI=1S/C47H56Cl2N10O7/c1-25(2)58-35-8-6-29(18-28(35)19-38(46(58)64)65-24-40(61)50-5)52-43-34(48)22-51-47(54-43)55-14-12-31(13-15-55)66-32-20-30(21-32)56-16-17-57(26(3)23-56)36-9-7-33-41(42(36)49)27(4)59(45(33)63)37-10-11-39(60)53-44(37)62/h6-9,18-19,22,25-27,30-32,37H,10-17,20-21,23-24H2,1-5H3,(H,50,61)(H,51,52,54)(H,53,60,62)/t26-,27-,30?,32?,37-/m1/s1. The first-order valence-electron chi connectivity index (χ1n) is 22.9. The molecule has 0 unspecified atom stereocenters. The van der Waals surface area contributed by atoms with E-state index in [0.717, 1.165) is 80.6 Å². The molecular weight excluding hydrogens is 887 g/mol. The molecule has 3 saturated heterocycles. The number of piperidine rings is 2. The van der Waals surface area contributed by atoms with Gasteiger partial charge in [0.1, 0.15) is 11.1 Å². The van der Waals surface area contributed by atoms with Gasteiger partial charge in [0.05, 0.1) is 40.7 Å². The van der Waals surface area contributed by atoms with Crippen LogP contribution >= 0.6 is 23.2 Å². The van der Waals surface area contributed by atoms with Gasteiger partial charge >= 0.3 is 0 Å². The van der Waals surface area contributed by atoms with E-state index in [0.29, 0.717) is 45.5 Å². The fourth-order valence-electron chi connectivity index (χ4n) is 10.3. The number of halogens is 2. The second-order valence-electron chi connectivity index (χ2n) is 18.3. The first kappa shape index (κ1) is 45.7. The number of amides is 4. The highest BCUT2D eigenvalue weighted by Crippen LogP contribution is 2.45. The second-order valence-corrected chi connectivity index (χ2v) is 19.1. The number of carbonyl (C=O) groups is 4. The van der Waals surface area contributed by atoms with E-state index in [9.17, 15) is 24.0 Å². The number of hydrogen-bond acceptors (Lipinski definition) is 13. The third kappa shape index (κ3) is 8.77. The number of hydrogen-bond donors (Lipinski definition) is 3. The Balaban J connectivity index is 0.762. The molecule has 6 heterocycles. The molecule has 66 heavy (non-hydrogen) atoms. The molecule has 0 spiro atoms. The van der Waals surface area contributed by atoms with Crippen LogP contribution in [0.3, 0.4) is 0 Å². The van der Waals surface area contributed by atoms with Gasteiger partial charge in [-0.05, 0) is 96.2 Å².